The third-order valence-corrected chi connectivity index (χ3v) is 6.31. The number of guanidine groups is 1. The lowest BCUT2D eigenvalue weighted by Crippen LogP contribution is -2.51. The molecule has 30 heavy (non-hydrogen) atoms. The van der Waals surface area contributed by atoms with E-state index in [4.69, 9.17) is 4.74 Å². The SMILES string of the molecule is CCOCc1ccccc1CNC(=NC)NC1CCN(S(=O)(=O)C(F)(F)F)CC1.I. The summed E-state index contributed by atoms with van der Waals surface area (Å²) in [7, 11) is -3.67. The first-order valence-electron chi connectivity index (χ1n) is 9.37. The molecular formula is C18H28F3IN4O3S. The van der Waals surface area contributed by atoms with Crippen molar-refractivity contribution in [2.75, 3.05) is 26.7 Å². The molecule has 2 rings (SSSR count). The summed E-state index contributed by atoms with van der Waals surface area (Å²) in [5, 5.41) is 6.34. The first-order valence-corrected chi connectivity index (χ1v) is 10.8. The summed E-state index contributed by atoms with van der Waals surface area (Å²) in [5.41, 5.74) is -3.15. The minimum atomic E-state index is -5.27. The van der Waals surface area contributed by atoms with Crippen molar-refractivity contribution in [2.24, 2.45) is 4.99 Å². The lowest BCUT2D eigenvalue weighted by molar-refractivity contribution is -0.0494. The van der Waals surface area contributed by atoms with Crippen LogP contribution in [0.1, 0.15) is 30.9 Å². The van der Waals surface area contributed by atoms with Crippen LogP contribution in [0.15, 0.2) is 29.3 Å². The van der Waals surface area contributed by atoms with Crippen molar-refractivity contribution in [3.63, 3.8) is 0 Å². The molecule has 0 radical (unpaired) electrons. The van der Waals surface area contributed by atoms with E-state index >= 15 is 0 Å². The van der Waals surface area contributed by atoms with Crippen molar-refractivity contribution in [2.45, 2.75) is 44.5 Å². The number of hydrogen-bond acceptors (Lipinski definition) is 4. The van der Waals surface area contributed by atoms with Crippen LogP contribution in [-0.2, 0) is 27.9 Å². The minimum Gasteiger partial charge on any atom is -0.377 e. The Balaban J connectivity index is 0.00000450. The molecule has 0 spiro atoms. The molecule has 2 N–H and O–H groups in total. The Bertz CT molecular complexity index is 798. The summed E-state index contributed by atoms with van der Waals surface area (Å²) in [6.45, 7) is 3.18. The van der Waals surface area contributed by atoms with Gasteiger partial charge in [-0.25, -0.2) is 8.42 Å². The average Bonchev–Trinajstić information content (AvgIpc) is 2.69. The van der Waals surface area contributed by atoms with Gasteiger partial charge in [-0.3, -0.25) is 4.99 Å². The van der Waals surface area contributed by atoms with E-state index in [0.29, 0.717) is 30.0 Å². The predicted molar refractivity (Wildman–Crippen MR) is 120 cm³/mol. The van der Waals surface area contributed by atoms with Crippen molar-refractivity contribution < 1.29 is 26.3 Å². The van der Waals surface area contributed by atoms with Crippen molar-refractivity contribution in [1.82, 2.24) is 14.9 Å². The van der Waals surface area contributed by atoms with Gasteiger partial charge in [0.25, 0.3) is 0 Å². The van der Waals surface area contributed by atoms with Crippen LogP contribution in [0.2, 0.25) is 0 Å². The average molecular weight is 564 g/mol. The highest BCUT2D eigenvalue weighted by Gasteiger charge is 2.50. The molecule has 0 amide bonds. The molecule has 12 heteroatoms. The Hall–Kier alpha value is -1.12. The van der Waals surface area contributed by atoms with E-state index in [2.05, 4.69) is 15.6 Å². The number of rotatable bonds is 7. The fourth-order valence-corrected chi connectivity index (χ4v) is 4.02. The third-order valence-electron chi connectivity index (χ3n) is 4.68. The van der Waals surface area contributed by atoms with Gasteiger partial charge in [-0.15, -0.1) is 24.0 Å². The van der Waals surface area contributed by atoms with E-state index in [0.717, 1.165) is 11.1 Å². The van der Waals surface area contributed by atoms with Gasteiger partial charge < -0.3 is 15.4 Å². The number of sulfonamides is 1. The monoisotopic (exact) mass is 564 g/mol. The number of benzene rings is 1. The molecule has 1 fully saturated rings. The van der Waals surface area contributed by atoms with Crippen LogP contribution in [0.3, 0.4) is 0 Å². The molecule has 1 aromatic rings. The zero-order valence-electron chi connectivity index (χ0n) is 16.9. The summed E-state index contributed by atoms with van der Waals surface area (Å²) in [6.07, 6.45) is 0.522. The lowest BCUT2D eigenvalue weighted by Gasteiger charge is -2.32. The van der Waals surface area contributed by atoms with Crippen LogP contribution >= 0.6 is 24.0 Å². The van der Waals surface area contributed by atoms with E-state index < -0.39 is 15.5 Å². The summed E-state index contributed by atoms with van der Waals surface area (Å²) in [5.74, 6) is 0.508. The second kappa shape index (κ2) is 12.1. The summed E-state index contributed by atoms with van der Waals surface area (Å²) >= 11 is 0. The van der Waals surface area contributed by atoms with E-state index in [1.807, 2.05) is 31.2 Å². The van der Waals surface area contributed by atoms with E-state index in [1.54, 1.807) is 7.05 Å². The van der Waals surface area contributed by atoms with Gasteiger partial charge in [0.2, 0.25) is 0 Å². The molecule has 1 saturated heterocycles. The quantitative estimate of drug-likeness (QED) is 0.303. The van der Waals surface area contributed by atoms with Crippen molar-refractivity contribution in [3.8, 4) is 0 Å². The van der Waals surface area contributed by atoms with E-state index in [9.17, 15) is 21.6 Å². The maximum atomic E-state index is 12.7. The molecule has 0 aliphatic carbocycles. The molecule has 0 saturated carbocycles. The lowest BCUT2D eigenvalue weighted by atomic mass is 10.1. The summed E-state index contributed by atoms with van der Waals surface area (Å²) in [4.78, 5) is 4.15. The largest absolute Gasteiger partial charge is 0.511 e. The van der Waals surface area contributed by atoms with Crippen LogP contribution in [0, 0.1) is 0 Å². The Morgan fingerprint density at radius 2 is 1.83 bits per heavy atom. The van der Waals surface area contributed by atoms with Gasteiger partial charge >= 0.3 is 15.5 Å². The zero-order chi connectivity index (χ0) is 21.5. The number of nitrogens with zero attached hydrogens (tertiary/aromatic N) is 2. The van der Waals surface area contributed by atoms with Gasteiger partial charge in [0.05, 0.1) is 6.61 Å². The number of alkyl halides is 3. The topological polar surface area (TPSA) is 83.0 Å². The van der Waals surface area contributed by atoms with E-state index in [-0.39, 0.29) is 55.9 Å². The van der Waals surface area contributed by atoms with Crippen molar-refractivity contribution >= 4 is 40.0 Å². The molecule has 1 heterocycles. The molecule has 0 atom stereocenters. The highest BCUT2D eigenvalue weighted by atomic mass is 127. The second-order valence-electron chi connectivity index (χ2n) is 6.60. The first kappa shape index (κ1) is 26.9. The Labute approximate surface area is 192 Å². The van der Waals surface area contributed by atoms with Crippen LogP contribution in [-0.4, -0.2) is 57.0 Å². The molecule has 0 aromatic heterocycles. The van der Waals surface area contributed by atoms with Gasteiger partial charge in [0.1, 0.15) is 0 Å². The smallest absolute Gasteiger partial charge is 0.377 e. The summed E-state index contributed by atoms with van der Waals surface area (Å²) < 4.78 is 67.0. The Morgan fingerprint density at radius 3 is 2.37 bits per heavy atom. The molecule has 172 valence electrons. The number of aliphatic imine (C=N–C) groups is 1. The number of ether oxygens (including phenoxy) is 1. The van der Waals surface area contributed by atoms with E-state index in [1.165, 1.54) is 0 Å². The minimum absolute atomic E-state index is 0. The standard InChI is InChI=1S/C18H27F3N4O3S.HI/c1-3-28-13-15-7-5-4-6-14(15)12-23-17(22-2)24-16-8-10-25(11-9-16)29(26,27)18(19,20)21;/h4-7,16H,3,8-13H2,1-2H3,(H2,22,23,24);1H. The van der Waals surface area contributed by atoms with Crippen LogP contribution in [0.5, 0.6) is 0 Å². The maximum Gasteiger partial charge on any atom is 0.511 e. The maximum absolute atomic E-state index is 12.7. The van der Waals surface area contributed by atoms with Gasteiger partial charge in [-0.2, -0.15) is 17.5 Å². The third kappa shape index (κ3) is 7.24. The number of piperidine rings is 1. The first-order chi connectivity index (χ1) is 13.7. The number of halogens is 4. The number of hydrogen-bond donors (Lipinski definition) is 2. The van der Waals surface area contributed by atoms with Crippen molar-refractivity contribution in [3.05, 3.63) is 35.4 Å². The fourth-order valence-electron chi connectivity index (χ4n) is 3.04. The second-order valence-corrected chi connectivity index (χ2v) is 8.53. The molecule has 1 aliphatic heterocycles. The molecule has 0 bridgehead atoms. The molecule has 7 nitrogen and oxygen atoms in total. The molecule has 0 unspecified atom stereocenters. The van der Waals surface area contributed by atoms with Gasteiger partial charge in [-0.1, -0.05) is 24.3 Å². The zero-order valence-corrected chi connectivity index (χ0v) is 20.1. The van der Waals surface area contributed by atoms with Crippen LogP contribution in [0.25, 0.3) is 0 Å². The highest BCUT2D eigenvalue weighted by Crippen LogP contribution is 2.28. The summed E-state index contributed by atoms with van der Waals surface area (Å²) in [6, 6.07) is 7.67. The molecule has 1 aliphatic rings. The molecule has 1 aromatic carbocycles. The fraction of sp³-hybridized carbons (Fsp3) is 0.611. The van der Waals surface area contributed by atoms with Gasteiger partial charge in [-0.05, 0) is 30.9 Å². The normalized spacial score (nSPS) is 16.8. The van der Waals surface area contributed by atoms with Crippen molar-refractivity contribution in [1.29, 1.82) is 0 Å². The predicted octanol–water partition coefficient (Wildman–Crippen LogP) is 2.82. The van der Waals surface area contributed by atoms with Crippen LogP contribution < -0.4 is 10.6 Å². The number of nitrogens with one attached hydrogen (secondary N) is 2. The Morgan fingerprint density at radius 1 is 1.23 bits per heavy atom. The van der Waals surface area contributed by atoms with Gasteiger partial charge in [0, 0.05) is 39.3 Å². The molecular weight excluding hydrogens is 536 g/mol. The highest BCUT2D eigenvalue weighted by molar-refractivity contribution is 14.0. The van der Waals surface area contributed by atoms with Gasteiger partial charge in [0.15, 0.2) is 5.96 Å². The van der Waals surface area contributed by atoms with Crippen LogP contribution in [0.4, 0.5) is 13.2 Å². The Kier molecular flexibility index (Phi) is 10.8.